The van der Waals surface area contributed by atoms with Crippen molar-refractivity contribution >= 4 is 87.5 Å². The van der Waals surface area contributed by atoms with Crippen LogP contribution in [0.1, 0.15) is 5.56 Å². The van der Waals surface area contributed by atoms with Gasteiger partial charge in [0.2, 0.25) is 0 Å². The molecule has 18 rings (SSSR count). The largest absolute Gasteiger partial charge is 0.455 e. The van der Waals surface area contributed by atoms with E-state index in [0.717, 1.165) is 128 Å². The van der Waals surface area contributed by atoms with E-state index in [2.05, 4.69) is 241 Å². The fourth-order valence-corrected chi connectivity index (χ4v) is 13.0. The number of hydrogen-bond acceptors (Lipinski definition) is 6. The number of fused-ring (bicyclic) bond motifs is 12. The van der Waals surface area contributed by atoms with Crippen molar-refractivity contribution in [3.05, 3.63) is 303 Å². The molecule has 0 aliphatic heterocycles. The average molecular weight is 1140 g/mol. The highest BCUT2D eigenvalue weighted by Crippen LogP contribution is 2.43. The second kappa shape index (κ2) is 21.2. The lowest BCUT2D eigenvalue weighted by Crippen LogP contribution is -1.97. The third kappa shape index (κ3) is 8.84. The molecule has 0 N–H and O–H groups in total. The molecule has 0 amide bonds. The standard InChI is InChI=1S/C41H27N3O.C40H25N3O/c1-26-21-23-28(24-22-26)44-36-18-7-5-14-33(36)39-31(16-10-19-37(39)44)34-25-35(43-41(42-34)27-11-3-2-4-12-27)32-17-9-15-30-29-13-6-8-20-38(29)45-40(30)32;1-3-12-26(13-4-1)34-25-35(42-40(41-34)33-19-11-18-32-31-17-8-10-21-38(31)44-39(32)33)27-22-23-30-29-16-7-9-20-36(29)43(37(30)24-27)28-14-5-2-6-15-28/h2-25H,1H3;1-25H. The van der Waals surface area contributed by atoms with Gasteiger partial charge < -0.3 is 18.0 Å². The number of aryl methyl sites for hydroxylation is 1. The molecule has 0 saturated heterocycles. The minimum Gasteiger partial charge on any atom is -0.455 e. The average Bonchev–Trinajstić information content (AvgIpc) is 1.82. The molecule has 0 saturated carbocycles. The van der Waals surface area contributed by atoms with Crippen LogP contribution in [0.2, 0.25) is 0 Å². The van der Waals surface area contributed by atoms with Crippen LogP contribution < -0.4 is 0 Å². The van der Waals surface area contributed by atoms with Crippen molar-refractivity contribution in [3.8, 4) is 79.2 Å². The Kier molecular flexibility index (Phi) is 12.2. The molecule has 89 heavy (non-hydrogen) atoms. The molecule has 0 atom stereocenters. The molecule has 0 aliphatic rings. The van der Waals surface area contributed by atoms with Gasteiger partial charge in [0, 0.05) is 82.3 Å². The summed E-state index contributed by atoms with van der Waals surface area (Å²) in [7, 11) is 0. The van der Waals surface area contributed by atoms with Gasteiger partial charge in [0.15, 0.2) is 11.6 Å². The number of para-hydroxylation sites is 7. The summed E-state index contributed by atoms with van der Waals surface area (Å²) in [4.78, 5) is 20.7. The van der Waals surface area contributed by atoms with Gasteiger partial charge in [-0.05, 0) is 91.9 Å². The van der Waals surface area contributed by atoms with E-state index in [1.807, 2.05) is 72.8 Å². The highest BCUT2D eigenvalue weighted by Gasteiger charge is 2.22. The quantitative estimate of drug-likeness (QED) is 0.151. The van der Waals surface area contributed by atoms with Gasteiger partial charge in [0.05, 0.1) is 50.4 Å². The van der Waals surface area contributed by atoms with Crippen LogP contribution in [0, 0.1) is 6.92 Å². The van der Waals surface area contributed by atoms with Crippen LogP contribution in [0.25, 0.3) is 167 Å². The smallest absolute Gasteiger partial charge is 0.164 e. The van der Waals surface area contributed by atoms with Gasteiger partial charge in [0.25, 0.3) is 0 Å². The molecule has 18 aromatic rings. The summed E-state index contributed by atoms with van der Waals surface area (Å²) in [5.41, 5.74) is 20.8. The van der Waals surface area contributed by atoms with Gasteiger partial charge in [-0.2, -0.15) is 0 Å². The van der Waals surface area contributed by atoms with Crippen molar-refractivity contribution in [2.24, 2.45) is 0 Å². The van der Waals surface area contributed by atoms with E-state index >= 15 is 0 Å². The number of furan rings is 2. The zero-order valence-electron chi connectivity index (χ0n) is 48.3. The Hall–Kier alpha value is -12.0. The minimum absolute atomic E-state index is 0.634. The first kappa shape index (κ1) is 51.4. The number of aromatic nitrogens is 6. The van der Waals surface area contributed by atoms with Crippen LogP contribution in [0.5, 0.6) is 0 Å². The Bertz CT molecular complexity index is 5750. The second-order valence-electron chi connectivity index (χ2n) is 22.5. The summed E-state index contributed by atoms with van der Waals surface area (Å²) in [5, 5.41) is 9.10. The molecule has 0 aliphatic carbocycles. The first-order valence-corrected chi connectivity index (χ1v) is 29.9. The predicted molar refractivity (Wildman–Crippen MR) is 365 cm³/mol. The maximum Gasteiger partial charge on any atom is 0.164 e. The van der Waals surface area contributed by atoms with Gasteiger partial charge in [-0.1, -0.05) is 218 Å². The first-order chi connectivity index (χ1) is 44.0. The lowest BCUT2D eigenvalue weighted by atomic mass is 10.0. The fourth-order valence-electron chi connectivity index (χ4n) is 13.0. The molecule has 6 aromatic heterocycles. The summed E-state index contributed by atoms with van der Waals surface area (Å²) in [6.45, 7) is 2.12. The van der Waals surface area contributed by atoms with Crippen molar-refractivity contribution in [2.45, 2.75) is 6.92 Å². The topological polar surface area (TPSA) is 87.7 Å². The molecule has 0 radical (unpaired) electrons. The fraction of sp³-hybridized carbons (Fsp3) is 0.0123. The summed E-state index contributed by atoms with van der Waals surface area (Å²) in [5.74, 6) is 1.31. The SMILES string of the molecule is Cc1ccc(-n2c3ccccc3c3c(-c4cc(-c5cccc6c5oc5ccccc56)nc(-c5ccccc5)n4)cccc32)cc1.c1ccc(-c2cc(-c3ccc4c5ccccc5n(-c5ccccc5)c4c3)nc(-c3cccc4c3oc3ccccc34)n2)cc1. The van der Waals surface area contributed by atoms with Crippen LogP contribution in [0.4, 0.5) is 0 Å². The summed E-state index contributed by atoms with van der Waals surface area (Å²) in [6.07, 6.45) is 0. The van der Waals surface area contributed by atoms with Crippen molar-refractivity contribution in [2.75, 3.05) is 0 Å². The van der Waals surface area contributed by atoms with Crippen molar-refractivity contribution < 1.29 is 8.83 Å². The Morgan fingerprint density at radius 1 is 0.270 bits per heavy atom. The zero-order chi connectivity index (χ0) is 58.9. The molecular weight excluding hydrogens is 1090 g/mol. The molecule has 12 aromatic carbocycles. The number of benzene rings is 12. The van der Waals surface area contributed by atoms with Crippen LogP contribution >= 0.6 is 0 Å². The van der Waals surface area contributed by atoms with Gasteiger partial charge >= 0.3 is 0 Å². The second-order valence-corrected chi connectivity index (χ2v) is 22.5. The molecule has 0 bridgehead atoms. The zero-order valence-corrected chi connectivity index (χ0v) is 48.3. The van der Waals surface area contributed by atoms with Crippen LogP contribution in [0.15, 0.2) is 306 Å². The monoisotopic (exact) mass is 1140 g/mol. The van der Waals surface area contributed by atoms with E-state index in [9.17, 15) is 0 Å². The van der Waals surface area contributed by atoms with Gasteiger partial charge in [-0.3, -0.25) is 0 Å². The van der Waals surface area contributed by atoms with E-state index < -0.39 is 0 Å². The van der Waals surface area contributed by atoms with Crippen molar-refractivity contribution in [1.82, 2.24) is 29.1 Å². The van der Waals surface area contributed by atoms with Crippen LogP contribution in [-0.2, 0) is 0 Å². The van der Waals surface area contributed by atoms with Crippen LogP contribution in [-0.4, -0.2) is 29.1 Å². The molecule has 418 valence electrons. The van der Waals surface area contributed by atoms with E-state index in [1.54, 1.807) is 0 Å². The molecule has 0 spiro atoms. The van der Waals surface area contributed by atoms with Crippen molar-refractivity contribution in [1.29, 1.82) is 0 Å². The Labute approximate surface area is 511 Å². The third-order valence-electron chi connectivity index (χ3n) is 17.1. The molecule has 0 unspecified atom stereocenters. The number of rotatable bonds is 8. The number of nitrogens with zero attached hydrogens (tertiary/aromatic N) is 6. The van der Waals surface area contributed by atoms with Gasteiger partial charge in [-0.25, -0.2) is 19.9 Å². The molecule has 8 heteroatoms. The lowest BCUT2D eigenvalue weighted by Gasteiger charge is -2.11. The highest BCUT2D eigenvalue weighted by molar-refractivity contribution is 6.16. The van der Waals surface area contributed by atoms with Gasteiger partial charge in [0.1, 0.15) is 22.3 Å². The molecule has 6 heterocycles. The summed E-state index contributed by atoms with van der Waals surface area (Å²) < 4.78 is 17.5. The van der Waals surface area contributed by atoms with Gasteiger partial charge in [-0.15, -0.1) is 0 Å². The summed E-state index contributed by atoms with van der Waals surface area (Å²) >= 11 is 0. The summed E-state index contributed by atoms with van der Waals surface area (Å²) in [6, 6.07) is 103. The molecule has 8 nitrogen and oxygen atoms in total. The minimum atomic E-state index is 0.634. The predicted octanol–water partition coefficient (Wildman–Crippen LogP) is 21.3. The van der Waals surface area contributed by atoms with E-state index in [0.29, 0.717) is 11.6 Å². The van der Waals surface area contributed by atoms with Crippen LogP contribution in [0.3, 0.4) is 0 Å². The molecular formula is C81H52N6O2. The lowest BCUT2D eigenvalue weighted by molar-refractivity contribution is 0.669. The number of hydrogen-bond donors (Lipinski definition) is 0. The normalized spacial score (nSPS) is 11.7. The molecule has 0 fully saturated rings. The Balaban J connectivity index is 0.000000138. The van der Waals surface area contributed by atoms with Crippen molar-refractivity contribution in [3.63, 3.8) is 0 Å². The first-order valence-electron chi connectivity index (χ1n) is 29.9. The van der Waals surface area contributed by atoms with E-state index in [1.165, 1.54) is 32.6 Å². The Morgan fingerprint density at radius 2 is 0.719 bits per heavy atom. The van der Waals surface area contributed by atoms with E-state index in [-0.39, 0.29) is 0 Å². The highest BCUT2D eigenvalue weighted by atomic mass is 16.3. The third-order valence-corrected chi connectivity index (χ3v) is 17.1. The maximum atomic E-state index is 6.45. The maximum absolute atomic E-state index is 6.45. The van der Waals surface area contributed by atoms with E-state index in [4.69, 9.17) is 28.8 Å². The Morgan fingerprint density at radius 3 is 1.40 bits per heavy atom.